The summed E-state index contributed by atoms with van der Waals surface area (Å²) in [4.78, 5) is 32.2. The molecule has 0 radical (unpaired) electrons. The Bertz CT molecular complexity index is 846. The zero-order chi connectivity index (χ0) is 18.4. The molecule has 9 heteroatoms. The minimum Gasteiger partial charge on any atom is -0.273 e. The molecule has 25 heavy (non-hydrogen) atoms. The first-order valence-corrected chi connectivity index (χ1v) is 7.17. The summed E-state index contributed by atoms with van der Waals surface area (Å²) in [6.07, 6.45) is 1.31. The molecule has 1 amide bonds. The van der Waals surface area contributed by atoms with Crippen molar-refractivity contribution < 1.29 is 14.6 Å². The first-order valence-electron chi connectivity index (χ1n) is 7.17. The van der Waals surface area contributed by atoms with Crippen LogP contribution in [0.5, 0.6) is 0 Å². The molecule has 2 rings (SSSR count). The van der Waals surface area contributed by atoms with Crippen LogP contribution in [0.15, 0.2) is 47.6 Å². The van der Waals surface area contributed by atoms with Gasteiger partial charge in [-0.1, -0.05) is 24.3 Å². The van der Waals surface area contributed by atoms with E-state index in [4.69, 9.17) is 0 Å². The van der Waals surface area contributed by atoms with Gasteiger partial charge in [0.15, 0.2) is 0 Å². The molecule has 0 spiro atoms. The van der Waals surface area contributed by atoms with Crippen molar-refractivity contribution in [2.75, 3.05) is 0 Å². The average Bonchev–Trinajstić information content (AvgIpc) is 2.56. The summed E-state index contributed by atoms with van der Waals surface area (Å²) in [6, 6.07) is 10.2. The van der Waals surface area contributed by atoms with Crippen molar-refractivity contribution in [2.45, 2.75) is 13.3 Å². The van der Waals surface area contributed by atoms with E-state index in [1.165, 1.54) is 36.5 Å². The quantitative estimate of drug-likeness (QED) is 0.490. The maximum atomic E-state index is 11.8. The SMILES string of the molecule is Cc1ccc(/C=N\NC(=O)Cc2ccc([N+](=O)[O-])cc2)cc1[N+](=O)[O-]. The summed E-state index contributed by atoms with van der Waals surface area (Å²) >= 11 is 0. The van der Waals surface area contributed by atoms with Crippen molar-refractivity contribution in [1.82, 2.24) is 5.43 Å². The van der Waals surface area contributed by atoms with E-state index in [0.29, 0.717) is 16.7 Å². The van der Waals surface area contributed by atoms with Gasteiger partial charge in [0.25, 0.3) is 11.4 Å². The van der Waals surface area contributed by atoms with E-state index in [1.54, 1.807) is 19.1 Å². The van der Waals surface area contributed by atoms with Gasteiger partial charge in [0.2, 0.25) is 5.91 Å². The Morgan fingerprint density at radius 3 is 2.40 bits per heavy atom. The zero-order valence-electron chi connectivity index (χ0n) is 13.2. The first-order chi connectivity index (χ1) is 11.9. The number of non-ortho nitro benzene ring substituents is 1. The number of benzene rings is 2. The Balaban J connectivity index is 1.95. The van der Waals surface area contributed by atoms with Crippen molar-refractivity contribution in [3.63, 3.8) is 0 Å². The van der Waals surface area contributed by atoms with Crippen LogP contribution in [-0.4, -0.2) is 22.0 Å². The minimum absolute atomic E-state index is 0.00335. The number of nitrogens with one attached hydrogen (secondary N) is 1. The van der Waals surface area contributed by atoms with Crippen LogP contribution < -0.4 is 5.43 Å². The van der Waals surface area contributed by atoms with Crippen LogP contribution in [0.25, 0.3) is 0 Å². The molecule has 128 valence electrons. The van der Waals surface area contributed by atoms with E-state index in [0.717, 1.165) is 0 Å². The van der Waals surface area contributed by atoms with Crippen molar-refractivity contribution in [3.05, 3.63) is 79.4 Å². The van der Waals surface area contributed by atoms with Crippen molar-refractivity contribution in [1.29, 1.82) is 0 Å². The Morgan fingerprint density at radius 1 is 1.12 bits per heavy atom. The number of nitro benzene ring substituents is 2. The van der Waals surface area contributed by atoms with Gasteiger partial charge in [-0.15, -0.1) is 0 Å². The maximum absolute atomic E-state index is 11.8. The van der Waals surface area contributed by atoms with Gasteiger partial charge in [-0.25, -0.2) is 5.43 Å². The van der Waals surface area contributed by atoms with Gasteiger partial charge in [-0.2, -0.15) is 5.10 Å². The second-order valence-electron chi connectivity index (χ2n) is 5.20. The summed E-state index contributed by atoms with van der Waals surface area (Å²) < 4.78 is 0. The van der Waals surface area contributed by atoms with Gasteiger partial charge in [0.05, 0.1) is 22.5 Å². The van der Waals surface area contributed by atoms with E-state index in [9.17, 15) is 25.0 Å². The summed E-state index contributed by atoms with van der Waals surface area (Å²) in [5.41, 5.74) is 3.84. The highest BCUT2D eigenvalue weighted by Crippen LogP contribution is 2.18. The van der Waals surface area contributed by atoms with E-state index in [-0.39, 0.29) is 17.8 Å². The molecule has 0 aliphatic heterocycles. The lowest BCUT2D eigenvalue weighted by atomic mass is 10.1. The Hall–Kier alpha value is -3.62. The molecule has 0 saturated heterocycles. The second kappa shape index (κ2) is 7.77. The van der Waals surface area contributed by atoms with Crippen LogP contribution in [0, 0.1) is 27.2 Å². The molecular weight excluding hydrogens is 328 g/mol. The third kappa shape index (κ3) is 4.93. The molecule has 2 aromatic carbocycles. The van der Waals surface area contributed by atoms with Crippen LogP contribution in [0.4, 0.5) is 11.4 Å². The summed E-state index contributed by atoms with van der Waals surface area (Å²) in [5.74, 6) is -0.410. The number of carbonyl (C=O) groups is 1. The van der Waals surface area contributed by atoms with Gasteiger partial charge < -0.3 is 0 Å². The molecule has 0 aromatic heterocycles. The summed E-state index contributed by atoms with van der Waals surface area (Å²) in [6.45, 7) is 1.63. The van der Waals surface area contributed by atoms with E-state index in [1.807, 2.05) is 0 Å². The average molecular weight is 342 g/mol. The zero-order valence-corrected chi connectivity index (χ0v) is 13.2. The predicted molar refractivity (Wildman–Crippen MR) is 90.4 cm³/mol. The number of amides is 1. The predicted octanol–water partition coefficient (Wildman–Crippen LogP) is 2.50. The molecule has 0 saturated carbocycles. The largest absolute Gasteiger partial charge is 0.273 e. The fourth-order valence-electron chi connectivity index (χ4n) is 2.04. The molecule has 0 atom stereocenters. The fourth-order valence-corrected chi connectivity index (χ4v) is 2.04. The number of nitrogens with zero attached hydrogens (tertiary/aromatic N) is 3. The third-order valence-electron chi connectivity index (χ3n) is 3.34. The Morgan fingerprint density at radius 2 is 1.80 bits per heavy atom. The normalized spacial score (nSPS) is 10.6. The number of aryl methyl sites for hydroxylation is 1. The third-order valence-corrected chi connectivity index (χ3v) is 3.34. The van der Waals surface area contributed by atoms with Crippen molar-refractivity contribution in [2.24, 2.45) is 5.10 Å². The lowest BCUT2D eigenvalue weighted by Crippen LogP contribution is -2.19. The highest BCUT2D eigenvalue weighted by atomic mass is 16.6. The fraction of sp³-hybridized carbons (Fsp3) is 0.125. The molecule has 0 fully saturated rings. The number of rotatable bonds is 6. The smallest absolute Gasteiger partial charge is 0.272 e. The van der Waals surface area contributed by atoms with Crippen molar-refractivity contribution >= 4 is 23.5 Å². The van der Waals surface area contributed by atoms with Gasteiger partial charge in [-0.05, 0) is 12.5 Å². The Labute approximate surface area is 142 Å². The number of nitro groups is 2. The Kier molecular flexibility index (Phi) is 5.51. The molecular formula is C16H14N4O5. The van der Waals surface area contributed by atoms with E-state index >= 15 is 0 Å². The molecule has 0 heterocycles. The molecule has 0 unspecified atom stereocenters. The van der Waals surface area contributed by atoms with Crippen LogP contribution in [0.3, 0.4) is 0 Å². The standard InChI is InChI=1S/C16H14N4O5/c1-11-2-3-13(8-15(11)20(24)25)10-17-18-16(21)9-12-4-6-14(7-5-12)19(22)23/h2-8,10H,9H2,1H3,(H,18,21)/b17-10-. The minimum atomic E-state index is -0.519. The van der Waals surface area contributed by atoms with Crippen molar-refractivity contribution in [3.8, 4) is 0 Å². The van der Waals surface area contributed by atoms with Gasteiger partial charge in [-0.3, -0.25) is 25.0 Å². The number of carbonyl (C=O) groups excluding carboxylic acids is 1. The first kappa shape index (κ1) is 17.7. The monoisotopic (exact) mass is 342 g/mol. The highest BCUT2D eigenvalue weighted by molar-refractivity contribution is 5.84. The summed E-state index contributed by atoms with van der Waals surface area (Å²) in [7, 11) is 0. The summed E-state index contributed by atoms with van der Waals surface area (Å²) in [5, 5.41) is 25.2. The van der Waals surface area contributed by atoms with Crippen LogP contribution in [0.1, 0.15) is 16.7 Å². The van der Waals surface area contributed by atoms with Gasteiger partial charge in [0.1, 0.15) is 0 Å². The molecule has 0 aliphatic rings. The highest BCUT2D eigenvalue weighted by Gasteiger charge is 2.10. The van der Waals surface area contributed by atoms with E-state index in [2.05, 4.69) is 10.5 Å². The van der Waals surface area contributed by atoms with Crippen LogP contribution in [0.2, 0.25) is 0 Å². The molecule has 0 bridgehead atoms. The number of hydrogen-bond donors (Lipinski definition) is 1. The van der Waals surface area contributed by atoms with Gasteiger partial charge >= 0.3 is 0 Å². The van der Waals surface area contributed by atoms with Crippen LogP contribution in [-0.2, 0) is 11.2 Å². The van der Waals surface area contributed by atoms with Crippen LogP contribution >= 0.6 is 0 Å². The topological polar surface area (TPSA) is 128 Å². The number of hydrazone groups is 1. The molecule has 1 N–H and O–H groups in total. The lowest BCUT2D eigenvalue weighted by Gasteiger charge is -2.01. The molecule has 9 nitrogen and oxygen atoms in total. The van der Waals surface area contributed by atoms with Gasteiger partial charge in [0, 0.05) is 29.3 Å². The molecule has 2 aromatic rings. The number of hydrogen-bond acceptors (Lipinski definition) is 6. The van der Waals surface area contributed by atoms with E-state index < -0.39 is 15.8 Å². The molecule has 0 aliphatic carbocycles. The maximum Gasteiger partial charge on any atom is 0.272 e. The lowest BCUT2D eigenvalue weighted by molar-refractivity contribution is -0.385. The second-order valence-corrected chi connectivity index (χ2v) is 5.20.